The molecule has 0 aliphatic rings. The number of rotatable bonds is 10. The van der Waals surface area contributed by atoms with Crippen LogP contribution in [0.3, 0.4) is 0 Å². The van der Waals surface area contributed by atoms with Crippen molar-refractivity contribution in [2.24, 2.45) is 0 Å². The van der Waals surface area contributed by atoms with Crippen molar-refractivity contribution in [1.82, 2.24) is 4.72 Å². The van der Waals surface area contributed by atoms with Gasteiger partial charge in [0.1, 0.15) is 0 Å². The Morgan fingerprint density at radius 3 is 2.52 bits per heavy atom. The van der Waals surface area contributed by atoms with Crippen LogP contribution in [-0.2, 0) is 19.6 Å². The minimum Gasteiger partial charge on any atom is -0.469 e. The largest absolute Gasteiger partial charge is 0.469 e. The van der Waals surface area contributed by atoms with Crippen molar-refractivity contribution in [3.05, 3.63) is 34.4 Å². The Bertz CT molecular complexity index is 644. The lowest BCUT2D eigenvalue weighted by Crippen LogP contribution is -2.25. The second-order valence-corrected chi connectivity index (χ2v) is 6.60. The SMILES string of the molecule is COC(=O)CCCCCCNS(=O)(=O)c1ccccc1[N+](=O)[O-]. The fourth-order valence-electron chi connectivity index (χ4n) is 1.97. The van der Waals surface area contributed by atoms with E-state index in [-0.39, 0.29) is 17.4 Å². The molecule has 128 valence electrons. The predicted molar refractivity (Wildman–Crippen MR) is 83.4 cm³/mol. The number of nitro groups is 1. The zero-order chi connectivity index (χ0) is 17.3. The van der Waals surface area contributed by atoms with Crippen molar-refractivity contribution >= 4 is 21.7 Å². The van der Waals surface area contributed by atoms with Crippen molar-refractivity contribution in [1.29, 1.82) is 0 Å². The molecule has 9 heteroatoms. The summed E-state index contributed by atoms with van der Waals surface area (Å²) in [6, 6.07) is 5.21. The van der Waals surface area contributed by atoms with Gasteiger partial charge in [-0.1, -0.05) is 25.0 Å². The number of carbonyl (C=O) groups excluding carboxylic acids is 1. The lowest BCUT2D eigenvalue weighted by atomic mass is 10.1. The highest BCUT2D eigenvalue weighted by molar-refractivity contribution is 7.89. The van der Waals surface area contributed by atoms with Crippen molar-refractivity contribution in [3.63, 3.8) is 0 Å². The summed E-state index contributed by atoms with van der Waals surface area (Å²) in [4.78, 5) is 20.7. The van der Waals surface area contributed by atoms with E-state index in [0.717, 1.165) is 18.9 Å². The van der Waals surface area contributed by atoms with Gasteiger partial charge in [-0.3, -0.25) is 14.9 Å². The molecule has 23 heavy (non-hydrogen) atoms. The molecule has 0 saturated heterocycles. The van der Waals surface area contributed by atoms with Crippen LogP contribution in [-0.4, -0.2) is 33.0 Å². The van der Waals surface area contributed by atoms with E-state index in [1.807, 2.05) is 0 Å². The lowest BCUT2D eigenvalue weighted by Gasteiger charge is -2.07. The number of nitro benzene ring substituents is 1. The fourth-order valence-corrected chi connectivity index (χ4v) is 3.21. The van der Waals surface area contributed by atoms with Gasteiger partial charge >= 0.3 is 5.97 Å². The van der Waals surface area contributed by atoms with Crippen molar-refractivity contribution in [2.45, 2.75) is 37.0 Å². The number of benzene rings is 1. The highest BCUT2D eigenvalue weighted by Gasteiger charge is 2.24. The number of nitrogens with zero attached hydrogens (tertiary/aromatic N) is 1. The van der Waals surface area contributed by atoms with Crippen LogP contribution in [0.5, 0.6) is 0 Å². The molecule has 0 amide bonds. The van der Waals surface area contributed by atoms with Crippen molar-refractivity contribution in [2.75, 3.05) is 13.7 Å². The molecule has 1 aromatic rings. The molecule has 8 nitrogen and oxygen atoms in total. The molecule has 0 radical (unpaired) electrons. The summed E-state index contributed by atoms with van der Waals surface area (Å²) in [6.07, 6.45) is 3.14. The van der Waals surface area contributed by atoms with Crippen LogP contribution in [0.2, 0.25) is 0 Å². The van der Waals surface area contributed by atoms with E-state index < -0.39 is 20.6 Å². The maximum Gasteiger partial charge on any atom is 0.305 e. The van der Waals surface area contributed by atoms with Gasteiger partial charge in [0.2, 0.25) is 10.0 Å². The summed E-state index contributed by atoms with van der Waals surface area (Å²) in [7, 11) is -2.58. The summed E-state index contributed by atoms with van der Waals surface area (Å²) in [5.74, 6) is -0.262. The number of para-hydroxylation sites is 1. The third-order valence-corrected chi connectivity index (χ3v) is 4.69. The average Bonchev–Trinajstić information content (AvgIpc) is 2.53. The number of ether oxygens (including phenoxy) is 1. The van der Waals surface area contributed by atoms with Crippen molar-refractivity contribution in [3.8, 4) is 0 Å². The third-order valence-electron chi connectivity index (χ3n) is 3.18. The predicted octanol–water partition coefficient (Wildman–Crippen LogP) is 2.00. The van der Waals surface area contributed by atoms with Gasteiger partial charge in [-0.25, -0.2) is 13.1 Å². The maximum atomic E-state index is 12.1. The fraction of sp³-hybridized carbons (Fsp3) is 0.500. The van der Waals surface area contributed by atoms with Crippen LogP contribution in [0.15, 0.2) is 29.2 Å². The molecule has 0 atom stereocenters. The summed E-state index contributed by atoms with van der Waals surface area (Å²) >= 11 is 0. The highest BCUT2D eigenvalue weighted by Crippen LogP contribution is 2.22. The van der Waals surface area contributed by atoms with Crippen LogP contribution >= 0.6 is 0 Å². The second kappa shape index (κ2) is 9.21. The van der Waals surface area contributed by atoms with Crippen LogP contribution in [0.25, 0.3) is 0 Å². The van der Waals surface area contributed by atoms with Gasteiger partial charge < -0.3 is 4.74 Å². The Labute approximate surface area is 135 Å². The van der Waals surface area contributed by atoms with E-state index in [2.05, 4.69) is 9.46 Å². The van der Waals surface area contributed by atoms with Gasteiger partial charge in [0.15, 0.2) is 4.90 Å². The molecule has 0 unspecified atom stereocenters. The third kappa shape index (κ3) is 6.33. The number of esters is 1. The van der Waals surface area contributed by atoms with Crippen LogP contribution in [0.1, 0.15) is 32.1 Å². The molecular weight excluding hydrogens is 324 g/mol. The standard InChI is InChI=1S/C14H20N2O6S/c1-22-14(17)10-4-2-3-7-11-15-23(20,21)13-9-6-5-8-12(13)16(18)19/h5-6,8-9,15H,2-4,7,10-11H2,1H3. The number of sulfonamides is 1. The summed E-state index contributed by atoms with van der Waals surface area (Å²) in [5, 5.41) is 10.9. The van der Waals surface area contributed by atoms with E-state index in [1.165, 1.54) is 25.3 Å². The first-order valence-electron chi connectivity index (χ1n) is 7.18. The summed E-state index contributed by atoms with van der Waals surface area (Å²) in [5.41, 5.74) is -0.446. The van der Waals surface area contributed by atoms with E-state index in [4.69, 9.17) is 0 Å². The van der Waals surface area contributed by atoms with Crippen molar-refractivity contribution < 1.29 is 22.9 Å². The molecule has 1 aromatic carbocycles. The molecule has 1 N–H and O–H groups in total. The first kappa shape index (κ1) is 19.0. The Hall–Kier alpha value is -2.00. The normalized spacial score (nSPS) is 11.2. The molecule has 1 rings (SSSR count). The van der Waals surface area contributed by atoms with Gasteiger partial charge in [0.05, 0.1) is 12.0 Å². The van der Waals surface area contributed by atoms with Gasteiger partial charge in [0.25, 0.3) is 5.69 Å². The van der Waals surface area contributed by atoms with E-state index in [1.54, 1.807) is 0 Å². The number of unbranched alkanes of at least 4 members (excludes halogenated alkanes) is 3. The average molecular weight is 344 g/mol. The number of nitrogens with one attached hydrogen (secondary N) is 1. The molecule has 0 spiro atoms. The highest BCUT2D eigenvalue weighted by atomic mass is 32.2. The first-order chi connectivity index (χ1) is 10.9. The summed E-state index contributed by atoms with van der Waals surface area (Å²) < 4.78 is 31.1. The van der Waals surface area contributed by atoms with E-state index in [0.29, 0.717) is 19.3 Å². The molecule has 0 aromatic heterocycles. The van der Waals surface area contributed by atoms with Gasteiger partial charge in [-0.2, -0.15) is 0 Å². The van der Waals surface area contributed by atoms with Crippen LogP contribution in [0.4, 0.5) is 5.69 Å². The quantitative estimate of drug-likeness (QED) is 0.300. The zero-order valence-electron chi connectivity index (χ0n) is 12.9. The lowest BCUT2D eigenvalue weighted by molar-refractivity contribution is -0.387. The molecule has 0 fully saturated rings. The van der Waals surface area contributed by atoms with Gasteiger partial charge in [-0.15, -0.1) is 0 Å². The minimum atomic E-state index is -3.91. The Kier molecular flexibility index (Phi) is 7.63. The summed E-state index contributed by atoms with van der Waals surface area (Å²) in [6.45, 7) is 0.187. The topological polar surface area (TPSA) is 116 Å². The van der Waals surface area contributed by atoms with Gasteiger partial charge in [0, 0.05) is 19.0 Å². The van der Waals surface area contributed by atoms with E-state index in [9.17, 15) is 23.3 Å². The zero-order valence-corrected chi connectivity index (χ0v) is 13.7. The molecule has 0 bridgehead atoms. The smallest absolute Gasteiger partial charge is 0.305 e. The second-order valence-electron chi connectivity index (χ2n) is 4.86. The number of hydrogen-bond donors (Lipinski definition) is 1. The Morgan fingerprint density at radius 1 is 1.22 bits per heavy atom. The number of hydrogen-bond acceptors (Lipinski definition) is 6. The molecule has 0 aliphatic heterocycles. The molecule has 0 heterocycles. The molecule has 0 saturated carbocycles. The Morgan fingerprint density at radius 2 is 1.87 bits per heavy atom. The van der Waals surface area contributed by atoms with E-state index >= 15 is 0 Å². The Balaban J connectivity index is 2.43. The van der Waals surface area contributed by atoms with Crippen LogP contribution in [0, 0.1) is 10.1 Å². The number of methoxy groups -OCH3 is 1. The first-order valence-corrected chi connectivity index (χ1v) is 8.66. The van der Waals surface area contributed by atoms with Gasteiger partial charge in [-0.05, 0) is 18.9 Å². The maximum absolute atomic E-state index is 12.1. The molecular formula is C14H20N2O6S. The monoisotopic (exact) mass is 344 g/mol. The molecule has 0 aliphatic carbocycles. The minimum absolute atomic E-state index is 0.187. The van der Waals surface area contributed by atoms with Crippen LogP contribution < -0.4 is 4.72 Å². The number of carbonyl (C=O) groups is 1.